The molecule has 10 nitrogen and oxygen atoms in total. The van der Waals surface area contributed by atoms with Gasteiger partial charge in [-0.25, -0.2) is 4.79 Å². The number of hydrogen-bond acceptors (Lipinski definition) is 7. The van der Waals surface area contributed by atoms with Gasteiger partial charge in [0, 0.05) is 17.7 Å². The van der Waals surface area contributed by atoms with Crippen molar-refractivity contribution in [2.75, 3.05) is 19.0 Å². The number of anilines is 1. The standard InChI is InChI=1S/C21H21N3O7/c1-30-21(29)15-7-9-16(10-8-15)22-18(26)13-31-19(27)12-11-17(25)23-24-20(28)14-5-3-2-4-6-14/h2-10H,11-13H2,1H3,(H,22,26)(H,23,25)(H,24,28). The highest BCUT2D eigenvalue weighted by molar-refractivity contribution is 5.96. The Morgan fingerprint density at radius 3 is 2.10 bits per heavy atom. The summed E-state index contributed by atoms with van der Waals surface area (Å²) >= 11 is 0. The Balaban J connectivity index is 1.64. The van der Waals surface area contributed by atoms with Gasteiger partial charge < -0.3 is 14.8 Å². The Labute approximate surface area is 177 Å². The van der Waals surface area contributed by atoms with Gasteiger partial charge in [-0.3, -0.25) is 30.0 Å². The van der Waals surface area contributed by atoms with Crippen molar-refractivity contribution in [3.8, 4) is 0 Å². The SMILES string of the molecule is COC(=O)c1ccc(NC(=O)COC(=O)CCC(=O)NNC(=O)c2ccccc2)cc1. The minimum Gasteiger partial charge on any atom is -0.465 e. The third-order valence-electron chi connectivity index (χ3n) is 3.86. The van der Waals surface area contributed by atoms with Gasteiger partial charge in [-0.1, -0.05) is 18.2 Å². The molecule has 0 aromatic heterocycles. The maximum absolute atomic E-state index is 11.8. The van der Waals surface area contributed by atoms with Crippen LogP contribution in [0.3, 0.4) is 0 Å². The van der Waals surface area contributed by atoms with Crippen molar-refractivity contribution in [1.82, 2.24) is 10.9 Å². The molecule has 0 aliphatic heterocycles. The monoisotopic (exact) mass is 427 g/mol. The third kappa shape index (κ3) is 7.97. The zero-order chi connectivity index (χ0) is 22.6. The molecule has 0 atom stereocenters. The molecule has 0 fully saturated rings. The van der Waals surface area contributed by atoms with Gasteiger partial charge >= 0.3 is 11.9 Å². The molecule has 0 spiro atoms. The van der Waals surface area contributed by atoms with Crippen LogP contribution in [0.15, 0.2) is 54.6 Å². The molecule has 0 aliphatic rings. The second-order valence-electron chi connectivity index (χ2n) is 6.15. The first kappa shape index (κ1) is 23.1. The van der Waals surface area contributed by atoms with Crippen LogP contribution < -0.4 is 16.2 Å². The predicted molar refractivity (Wildman–Crippen MR) is 109 cm³/mol. The molecule has 0 heterocycles. The average Bonchev–Trinajstić information content (AvgIpc) is 2.80. The Bertz CT molecular complexity index is 943. The molecule has 3 N–H and O–H groups in total. The number of methoxy groups -OCH3 is 1. The first-order valence-electron chi connectivity index (χ1n) is 9.17. The number of ether oxygens (including phenoxy) is 2. The second-order valence-corrected chi connectivity index (χ2v) is 6.15. The largest absolute Gasteiger partial charge is 0.465 e. The molecule has 0 radical (unpaired) electrons. The Morgan fingerprint density at radius 2 is 1.45 bits per heavy atom. The van der Waals surface area contributed by atoms with Crippen molar-refractivity contribution >= 4 is 35.3 Å². The molecule has 0 aliphatic carbocycles. The zero-order valence-corrected chi connectivity index (χ0v) is 16.7. The predicted octanol–water partition coefficient (Wildman–Crippen LogP) is 1.20. The molecule has 2 aromatic carbocycles. The molecule has 3 amide bonds. The molecule has 31 heavy (non-hydrogen) atoms. The van der Waals surface area contributed by atoms with Crippen LogP contribution in [0.2, 0.25) is 0 Å². The summed E-state index contributed by atoms with van der Waals surface area (Å²) in [7, 11) is 1.26. The summed E-state index contributed by atoms with van der Waals surface area (Å²) in [5.74, 6) is -2.92. The Hall–Kier alpha value is -4.21. The van der Waals surface area contributed by atoms with E-state index in [0.717, 1.165) is 0 Å². The normalized spacial score (nSPS) is 9.84. The summed E-state index contributed by atoms with van der Waals surface area (Å²) in [6, 6.07) is 14.2. The zero-order valence-electron chi connectivity index (χ0n) is 16.7. The van der Waals surface area contributed by atoms with Gasteiger partial charge in [0.05, 0.1) is 19.1 Å². The van der Waals surface area contributed by atoms with E-state index in [4.69, 9.17) is 4.74 Å². The lowest BCUT2D eigenvalue weighted by Gasteiger charge is -2.08. The maximum Gasteiger partial charge on any atom is 0.337 e. The molecule has 0 bridgehead atoms. The van der Waals surface area contributed by atoms with E-state index in [-0.39, 0.29) is 12.8 Å². The highest BCUT2D eigenvalue weighted by Gasteiger charge is 2.12. The smallest absolute Gasteiger partial charge is 0.337 e. The first-order valence-corrected chi connectivity index (χ1v) is 9.17. The van der Waals surface area contributed by atoms with Gasteiger partial charge in [-0.2, -0.15) is 0 Å². The van der Waals surface area contributed by atoms with E-state index in [1.807, 2.05) is 0 Å². The fourth-order valence-corrected chi connectivity index (χ4v) is 2.29. The van der Waals surface area contributed by atoms with Crippen LogP contribution in [0.25, 0.3) is 0 Å². The van der Waals surface area contributed by atoms with Crippen LogP contribution in [0, 0.1) is 0 Å². The van der Waals surface area contributed by atoms with Crippen molar-refractivity contribution in [3.05, 3.63) is 65.7 Å². The lowest BCUT2D eigenvalue weighted by atomic mass is 10.2. The van der Waals surface area contributed by atoms with Crippen LogP contribution >= 0.6 is 0 Å². The highest BCUT2D eigenvalue weighted by Crippen LogP contribution is 2.10. The number of rotatable bonds is 8. The molecule has 2 rings (SSSR count). The third-order valence-corrected chi connectivity index (χ3v) is 3.86. The van der Waals surface area contributed by atoms with Gasteiger partial charge in [0.25, 0.3) is 11.8 Å². The lowest BCUT2D eigenvalue weighted by Crippen LogP contribution is -2.41. The van der Waals surface area contributed by atoms with E-state index in [2.05, 4.69) is 20.9 Å². The minimum absolute atomic E-state index is 0.232. The van der Waals surface area contributed by atoms with Gasteiger partial charge in [0.15, 0.2) is 6.61 Å². The van der Waals surface area contributed by atoms with Crippen molar-refractivity contribution in [2.24, 2.45) is 0 Å². The number of benzene rings is 2. The Kier molecular flexibility index (Phi) is 8.72. The minimum atomic E-state index is -0.749. The average molecular weight is 427 g/mol. The van der Waals surface area contributed by atoms with Crippen molar-refractivity contribution in [3.63, 3.8) is 0 Å². The summed E-state index contributed by atoms with van der Waals surface area (Å²) in [4.78, 5) is 58.4. The molecule has 2 aromatic rings. The summed E-state index contributed by atoms with van der Waals surface area (Å²) in [6.07, 6.45) is -0.501. The summed E-state index contributed by atoms with van der Waals surface area (Å²) in [5, 5.41) is 2.50. The van der Waals surface area contributed by atoms with E-state index >= 15 is 0 Å². The van der Waals surface area contributed by atoms with Crippen LogP contribution in [-0.2, 0) is 23.9 Å². The second kappa shape index (κ2) is 11.7. The number of hydrazine groups is 1. The van der Waals surface area contributed by atoms with Crippen LogP contribution in [0.1, 0.15) is 33.6 Å². The van der Waals surface area contributed by atoms with E-state index < -0.39 is 36.3 Å². The molecule has 162 valence electrons. The van der Waals surface area contributed by atoms with Gasteiger partial charge in [0.1, 0.15) is 0 Å². The number of carbonyl (C=O) groups excluding carboxylic acids is 5. The summed E-state index contributed by atoms with van der Waals surface area (Å²) in [5.41, 5.74) is 5.52. The molecule has 0 saturated carbocycles. The number of esters is 2. The Morgan fingerprint density at radius 1 is 0.774 bits per heavy atom. The van der Waals surface area contributed by atoms with Crippen molar-refractivity contribution in [1.29, 1.82) is 0 Å². The lowest BCUT2D eigenvalue weighted by molar-refractivity contribution is -0.148. The quantitative estimate of drug-likeness (QED) is 0.425. The topological polar surface area (TPSA) is 140 Å². The fourth-order valence-electron chi connectivity index (χ4n) is 2.29. The van der Waals surface area contributed by atoms with E-state index in [9.17, 15) is 24.0 Å². The molecular formula is C21H21N3O7. The highest BCUT2D eigenvalue weighted by atomic mass is 16.5. The maximum atomic E-state index is 11.8. The number of nitrogens with one attached hydrogen (secondary N) is 3. The molecule has 0 saturated heterocycles. The van der Waals surface area contributed by atoms with Crippen molar-refractivity contribution < 1.29 is 33.4 Å². The summed E-state index contributed by atoms with van der Waals surface area (Å²) in [6.45, 7) is -0.538. The van der Waals surface area contributed by atoms with Gasteiger partial charge in [-0.05, 0) is 36.4 Å². The number of amides is 3. The van der Waals surface area contributed by atoms with E-state index in [0.29, 0.717) is 16.8 Å². The van der Waals surface area contributed by atoms with E-state index in [1.165, 1.54) is 31.4 Å². The molecule has 0 unspecified atom stereocenters. The van der Waals surface area contributed by atoms with Crippen molar-refractivity contribution in [2.45, 2.75) is 12.8 Å². The summed E-state index contributed by atoms with van der Waals surface area (Å²) < 4.78 is 9.38. The first-order chi connectivity index (χ1) is 14.9. The van der Waals surface area contributed by atoms with Crippen LogP contribution in [0.4, 0.5) is 5.69 Å². The van der Waals surface area contributed by atoms with Gasteiger partial charge in [-0.15, -0.1) is 0 Å². The molecular weight excluding hydrogens is 406 g/mol. The fraction of sp³-hybridized carbons (Fsp3) is 0.190. The molecule has 10 heteroatoms. The van der Waals surface area contributed by atoms with Gasteiger partial charge in [0.2, 0.25) is 5.91 Å². The number of carbonyl (C=O) groups is 5. The number of hydrogen-bond donors (Lipinski definition) is 3. The van der Waals surface area contributed by atoms with Crippen LogP contribution in [-0.4, -0.2) is 43.4 Å². The van der Waals surface area contributed by atoms with Crippen LogP contribution in [0.5, 0.6) is 0 Å². The van der Waals surface area contributed by atoms with E-state index in [1.54, 1.807) is 30.3 Å².